The first-order valence-corrected chi connectivity index (χ1v) is 5.61. The number of hydrogen-bond donors (Lipinski definition) is 2. The lowest BCUT2D eigenvalue weighted by atomic mass is 10.3. The molecule has 15 heavy (non-hydrogen) atoms. The highest BCUT2D eigenvalue weighted by Gasteiger charge is 1.97. The average Bonchev–Trinajstić information content (AvgIpc) is 2.52. The third-order valence-corrected chi connectivity index (χ3v) is 3.06. The van der Waals surface area contributed by atoms with E-state index in [1.807, 2.05) is 18.4 Å². The van der Waals surface area contributed by atoms with Crippen molar-refractivity contribution in [3.05, 3.63) is 21.9 Å². The lowest BCUT2D eigenvalue weighted by molar-refractivity contribution is 0.628. The van der Waals surface area contributed by atoms with Crippen LogP contribution in [-0.4, -0.2) is 20.1 Å². The van der Waals surface area contributed by atoms with Gasteiger partial charge < -0.3 is 10.6 Å². The van der Waals surface area contributed by atoms with Gasteiger partial charge in [-0.2, -0.15) is 0 Å². The summed E-state index contributed by atoms with van der Waals surface area (Å²) in [6.45, 7) is 5.38. The van der Waals surface area contributed by atoms with Crippen molar-refractivity contribution in [3.8, 4) is 0 Å². The molecule has 0 amide bonds. The molecule has 90 valence electrons. The fourth-order valence-corrected chi connectivity index (χ4v) is 2.05. The second-order valence-electron chi connectivity index (χ2n) is 3.16. The van der Waals surface area contributed by atoms with E-state index in [0.717, 1.165) is 19.6 Å². The Kier molecular flexibility index (Phi) is 12.6. The van der Waals surface area contributed by atoms with Gasteiger partial charge in [0.05, 0.1) is 0 Å². The number of aryl methyl sites for hydroxylation is 1. The molecule has 1 heterocycles. The van der Waals surface area contributed by atoms with Gasteiger partial charge in [0, 0.05) is 11.4 Å². The van der Waals surface area contributed by atoms with Crippen molar-refractivity contribution < 1.29 is 0 Å². The van der Waals surface area contributed by atoms with Crippen LogP contribution in [0.15, 0.2) is 11.4 Å². The molecule has 0 saturated heterocycles. The van der Waals surface area contributed by atoms with Crippen molar-refractivity contribution in [1.29, 1.82) is 0 Å². The molecule has 2 nitrogen and oxygen atoms in total. The molecule has 0 atom stereocenters. The Morgan fingerprint density at radius 1 is 1.27 bits per heavy atom. The smallest absolute Gasteiger partial charge is 0.0302 e. The summed E-state index contributed by atoms with van der Waals surface area (Å²) in [7, 11) is 1.99. The topological polar surface area (TPSA) is 24.1 Å². The normalized spacial score (nSPS) is 9.20. The predicted octanol–water partition coefficient (Wildman–Crippen LogP) is 2.60. The van der Waals surface area contributed by atoms with E-state index in [4.69, 9.17) is 0 Å². The second kappa shape index (κ2) is 10.7. The zero-order valence-corrected chi connectivity index (χ0v) is 11.7. The SMILES string of the molecule is CNCCCNCc1sccc1C.Cl.Cl. The Labute approximate surface area is 109 Å². The summed E-state index contributed by atoms with van der Waals surface area (Å²) in [6.07, 6.45) is 1.20. The van der Waals surface area contributed by atoms with Crippen LogP contribution >= 0.6 is 36.2 Å². The van der Waals surface area contributed by atoms with Crippen LogP contribution in [0.25, 0.3) is 0 Å². The Hall–Kier alpha value is 0.200. The Bertz CT molecular complexity index is 241. The van der Waals surface area contributed by atoms with Crippen LogP contribution in [-0.2, 0) is 6.54 Å². The van der Waals surface area contributed by atoms with Crippen molar-refractivity contribution in [2.75, 3.05) is 20.1 Å². The molecule has 0 unspecified atom stereocenters. The van der Waals surface area contributed by atoms with E-state index in [9.17, 15) is 0 Å². The molecule has 2 N–H and O–H groups in total. The Morgan fingerprint density at radius 3 is 2.53 bits per heavy atom. The molecule has 5 heteroatoms. The van der Waals surface area contributed by atoms with E-state index < -0.39 is 0 Å². The monoisotopic (exact) mass is 270 g/mol. The van der Waals surface area contributed by atoms with Gasteiger partial charge in [0.15, 0.2) is 0 Å². The predicted molar refractivity (Wildman–Crippen MR) is 73.8 cm³/mol. The molecule has 1 rings (SSSR count). The third-order valence-electron chi connectivity index (χ3n) is 2.03. The first kappa shape index (κ1) is 17.6. The van der Waals surface area contributed by atoms with Crippen molar-refractivity contribution >= 4 is 36.2 Å². The number of rotatable bonds is 6. The van der Waals surface area contributed by atoms with E-state index in [0.29, 0.717) is 0 Å². The van der Waals surface area contributed by atoms with Crippen molar-refractivity contribution in [2.24, 2.45) is 0 Å². The molecule has 0 aliphatic heterocycles. The van der Waals surface area contributed by atoms with Gasteiger partial charge in [0.2, 0.25) is 0 Å². The lowest BCUT2D eigenvalue weighted by Gasteiger charge is -2.03. The summed E-state index contributed by atoms with van der Waals surface area (Å²) >= 11 is 1.84. The van der Waals surface area contributed by atoms with Crippen LogP contribution in [0.1, 0.15) is 16.9 Å². The summed E-state index contributed by atoms with van der Waals surface area (Å²) in [5, 5.41) is 8.72. The van der Waals surface area contributed by atoms with Gasteiger partial charge in [0.25, 0.3) is 0 Å². The first-order chi connectivity index (χ1) is 6.34. The highest BCUT2D eigenvalue weighted by atomic mass is 35.5. The zero-order valence-electron chi connectivity index (χ0n) is 9.21. The summed E-state index contributed by atoms with van der Waals surface area (Å²) in [4.78, 5) is 1.46. The molecule has 0 spiro atoms. The fourth-order valence-electron chi connectivity index (χ4n) is 1.18. The molecule has 0 radical (unpaired) electrons. The minimum Gasteiger partial charge on any atom is -0.320 e. The van der Waals surface area contributed by atoms with Crippen molar-refractivity contribution in [1.82, 2.24) is 10.6 Å². The molecular weight excluding hydrogens is 251 g/mol. The highest BCUT2D eigenvalue weighted by Crippen LogP contribution is 2.14. The summed E-state index contributed by atoms with van der Waals surface area (Å²) in [5.41, 5.74) is 1.41. The maximum atomic E-state index is 3.43. The van der Waals surface area contributed by atoms with E-state index in [-0.39, 0.29) is 24.8 Å². The van der Waals surface area contributed by atoms with Crippen LogP contribution in [0.3, 0.4) is 0 Å². The standard InChI is InChI=1S/C10H18N2S.2ClH/c1-9-4-7-13-10(9)8-12-6-3-5-11-2;;/h4,7,11-12H,3,5-6,8H2,1-2H3;2*1H. The first-order valence-electron chi connectivity index (χ1n) is 4.73. The molecule has 0 aliphatic rings. The minimum atomic E-state index is 0. The van der Waals surface area contributed by atoms with Gasteiger partial charge in [-0.3, -0.25) is 0 Å². The molecular formula is C10H20Cl2N2S. The Morgan fingerprint density at radius 2 is 2.00 bits per heavy atom. The fraction of sp³-hybridized carbons (Fsp3) is 0.600. The van der Waals surface area contributed by atoms with Gasteiger partial charge >= 0.3 is 0 Å². The minimum absolute atomic E-state index is 0. The summed E-state index contributed by atoms with van der Waals surface area (Å²) < 4.78 is 0. The number of hydrogen-bond acceptors (Lipinski definition) is 3. The summed E-state index contributed by atoms with van der Waals surface area (Å²) in [6, 6.07) is 2.18. The quantitative estimate of drug-likeness (QED) is 0.777. The number of nitrogens with one attached hydrogen (secondary N) is 2. The molecule has 0 saturated carbocycles. The number of halogens is 2. The maximum Gasteiger partial charge on any atom is 0.0302 e. The highest BCUT2D eigenvalue weighted by molar-refractivity contribution is 7.10. The largest absolute Gasteiger partial charge is 0.320 e. The molecule has 0 bridgehead atoms. The van der Waals surface area contributed by atoms with Crippen LogP contribution in [0.2, 0.25) is 0 Å². The van der Waals surface area contributed by atoms with Crippen LogP contribution in [0.5, 0.6) is 0 Å². The van der Waals surface area contributed by atoms with Gasteiger partial charge in [0.1, 0.15) is 0 Å². The molecule has 1 aromatic rings. The third kappa shape index (κ3) is 7.14. The van der Waals surface area contributed by atoms with Crippen LogP contribution in [0.4, 0.5) is 0 Å². The molecule has 0 aromatic carbocycles. The number of thiophene rings is 1. The molecule has 0 aliphatic carbocycles. The average molecular weight is 271 g/mol. The Balaban J connectivity index is 0. The van der Waals surface area contributed by atoms with Crippen LogP contribution < -0.4 is 10.6 Å². The second-order valence-corrected chi connectivity index (χ2v) is 4.16. The van der Waals surface area contributed by atoms with Gasteiger partial charge in [-0.05, 0) is 50.5 Å². The zero-order chi connectivity index (χ0) is 9.52. The van der Waals surface area contributed by atoms with E-state index >= 15 is 0 Å². The molecule has 0 fully saturated rings. The van der Waals surface area contributed by atoms with E-state index in [1.165, 1.54) is 16.9 Å². The van der Waals surface area contributed by atoms with Crippen molar-refractivity contribution in [2.45, 2.75) is 19.9 Å². The van der Waals surface area contributed by atoms with Crippen molar-refractivity contribution in [3.63, 3.8) is 0 Å². The maximum absolute atomic E-state index is 3.43. The molecule has 1 aromatic heterocycles. The van der Waals surface area contributed by atoms with E-state index in [1.54, 1.807) is 0 Å². The van der Waals surface area contributed by atoms with Gasteiger partial charge in [-0.25, -0.2) is 0 Å². The van der Waals surface area contributed by atoms with E-state index in [2.05, 4.69) is 29.0 Å². The van der Waals surface area contributed by atoms with Gasteiger partial charge in [-0.1, -0.05) is 0 Å². The lowest BCUT2D eigenvalue weighted by Crippen LogP contribution is -2.19. The summed E-state index contributed by atoms with van der Waals surface area (Å²) in [5.74, 6) is 0. The van der Waals surface area contributed by atoms with Gasteiger partial charge in [-0.15, -0.1) is 36.2 Å². The van der Waals surface area contributed by atoms with Crippen LogP contribution in [0, 0.1) is 6.92 Å².